The summed E-state index contributed by atoms with van der Waals surface area (Å²) in [5.74, 6) is 1.38. The molecule has 0 spiro atoms. The molecule has 0 aliphatic heterocycles. The minimum absolute atomic E-state index is 0.582. The Labute approximate surface area is 89.5 Å². The molecule has 2 N–H and O–H groups in total. The Bertz CT molecular complexity index is 385. The highest BCUT2D eigenvalue weighted by Crippen LogP contribution is 2.25. The van der Waals surface area contributed by atoms with Crippen LogP contribution in [0, 0.1) is 0 Å². The van der Waals surface area contributed by atoms with Gasteiger partial charge in [-0.05, 0) is 11.4 Å². The van der Waals surface area contributed by atoms with Crippen LogP contribution in [0.2, 0.25) is 0 Å². The third-order valence-electron chi connectivity index (χ3n) is 1.48. The third-order valence-corrected chi connectivity index (χ3v) is 3.19. The highest BCUT2D eigenvalue weighted by Gasteiger charge is 2.08. The Morgan fingerprint density at radius 2 is 2.43 bits per heavy atom. The lowest BCUT2D eigenvalue weighted by atomic mass is 10.5. The van der Waals surface area contributed by atoms with Crippen molar-refractivity contribution in [1.82, 2.24) is 10.2 Å². The highest BCUT2D eigenvalue weighted by atomic mass is 32.2. The van der Waals surface area contributed by atoms with Gasteiger partial charge in [0.15, 0.2) is 0 Å². The summed E-state index contributed by atoms with van der Waals surface area (Å²) in [7, 11) is 0. The van der Waals surface area contributed by atoms with Crippen molar-refractivity contribution in [2.45, 2.75) is 5.22 Å². The van der Waals surface area contributed by atoms with Gasteiger partial charge in [0.2, 0.25) is 0 Å². The molecule has 6 heteroatoms. The fourth-order valence-electron chi connectivity index (χ4n) is 0.914. The first-order chi connectivity index (χ1) is 6.90. The number of thioether (sulfide) groups is 1. The van der Waals surface area contributed by atoms with Crippen LogP contribution in [0.1, 0.15) is 0 Å². The second kappa shape index (κ2) is 4.59. The Hall–Kier alpha value is -0.850. The zero-order valence-electron chi connectivity index (χ0n) is 7.34. The largest absolute Gasteiger partial charge is 0.410 e. The molecule has 0 bridgehead atoms. The molecular weight excluding hydrogens is 218 g/mol. The zero-order valence-corrected chi connectivity index (χ0v) is 8.98. The van der Waals surface area contributed by atoms with Crippen LogP contribution in [-0.2, 0) is 0 Å². The maximum atomic E-state index is 5.43. The van der Waals surface area contributed by atoms with Gasteiger partial charge in [-0.3, -0.25) is 0 Å². The van der Waals surface area contributed by atoms with Crippen LogP contribution in [0.15, 0.2) is 27.2 Å². The van der Waals surface area contributed by atoms with E-state index < -0.39 is 0 Å². The van der Waals surface area contributed by atoms with Crippen molar-refractivity contribution in [3.63, 3.8) is 0 Å². The number of nitrogens with zero attached hydrogens (tertiary/aromatic N) is 2. The van der Waals surface area contributed by atoms with E-state index in [9.17, 15) is 0 Å². The SMILES string of the molecule is NCCSc1nnc(-c2cccs2)o1. The summed E-state index contributed by atoms with van der Waals surface area (Å²) in [6.45, 7) is 0.612. The van der Waals surface area contributed by atoms with Crippen molar-refractivity contribution in [3.8, 4) is 10.8 Å². The van der Waals surface area contributed by atoms with Crippen LogP contribution in [-0.4, -0.2) is 22.5 Å². The lowest BCUT2D eigenvalue weighted by Gasteiger charge is -1.89. The van der Waals surface area contributed by atoms with E-state index >= 15 is 0 Å². The Morgan fingerprint density at radius 3 is 3.14 bits per heavy atom. The molecule has 0 aromatic carbocycles. The fourth-order valence-corrected chi connectivity index (χ4v) is 2.09. The van der Waals surface area contributed by atoms with Crippen LogP contribution in [0.4, 0.5) is 0 Å². The van der Waals surface area contributed by atoms with Crippen molar-refractivity contribution >= 4 is 23.1 Å². The zero-order chi connectivity index (χ0) is 9.80. The summed E-state index contributed by atoms with van der Waals surface area (Å²) in [5, 5.41) is 10.4. The van der Waals surface area contributed by atoms with Gasteiger partial charge in [-0.1, -0.05) is 17.8 Å². The van der Waals surface area contributed by atoms with E-state index in [2.05, 4.69) is 10.2 Å². The summed E-state index contributed by atoms with van der Waals surface area (Å²) in [5.41, 5.74) is 5.37. The molecule has 0 atom stereocenters. The molecule has 74 valence electrons. The van der Waals surface area contributed by atoms with Gasteiger partial charge >= 0.3 is 0 Å². The predicted octanol–water partition coefficient (Wildman–Crippen LogP) is 1.85. The molecule has 0 amide bonds. The quantitative estimate of drug-likeness (QED) is 0.807. The second-order valence-corrected chi connectivity index (χ2v) is 4.48. The third kappa shape index (κ3) is 2.14. The van der Waals surface area contributed by atoms with E-state index in [-0.39, 0.29) is 0 Å². The van der Waals surface area contributed by atoms with Gasteiger partial charge in [0.25, 0.3) is 11.1 Å². The van der Waals surface area contributed by atoms with Crippen molar-refractivity contribution in [3.05, 3.63) is 17.5 Å². The lowest BCUT2D eigenvalue weighted by molar-refractivity contribution is 0.467. The van der Waals surface area contributed by atoms with Gasteiger partial charge in [0.1, 0.15) is 0 Å². The van der Waals surface area contributed by atoms with Crippen molar-refractivity contribution in [1.29, 1.82) is 0 Å². The molecule has 2 rings (SSSR count). The number of hydrogen-bond acceptors (Lipinski definition) is 6. The van der Waals surface area contributed by atoms with Crippen LogP contribution >= 0.6 is 23.1 Å². The number of aromatic nitrogens is 2. The standard InChI is InChI=1S/C8H9N3OS2/c9-3-5-14-8-11-10-7(12-8)6-2-1-4-13-6/h1-2,4H,3,5,9H2. The average Bonchev–Trinajstić information content (AvgIpc) is 2.85. The second-order valence-electron chi connectivity index (χ2n) is 2.49. The summed E-state index contributed by atoms with van der Waals surface area (Å²) >= 11 is 3.06. The van der Waals surface area contributed by atoms with Gasteiger partial charge < -0.3 is 10.2 Å². The number of rotatable bonds is 4. The average molecular weight is 227 g/mol. The van der Waals surface area contributed by atoms with Crippen LogP contribution in [0.25, 0.3) is 10.8 Å². The van der Waals surface area contributed by atoms with Gasteiger partial charge in [-0.2, -0.15) is 0 Å². The Kier molecular flexibility index (Phi) is 3.18. The number of nitrogens with two attached hydrogens (primary N) is 1. The normalized spacial score (nSPS) is 10.6. The minimum Gasteiger partial charge on any atom is -0.410 e. The fraction of sp³-hybridized carbons (Fsp3) is 0.250. The first-order valence-corrected chi connectivity index (χ1v) is 5.97. The van der Waals surface area contributed by atoms with E-state index in [1.165, 1.54) is 11.8 Å². The van der Waals surface area contributed by atoms with Gasteiger partial charge in [0.05, 0.1) is 4.88 Å². The van der Waals surface area contributed by atoms with E-state index in [1.807, 2.05) is 17.5 Å². The van der Waals surface area contributed by atoms with Crippen LogP contribution in [0.5, 0.6) is 0 Å². The number of hydrogen-bond donors (Lipinski definition) is 1. The van der Waals surface area contributed by atoms with E-state index in [1.54, 1.807) is 11.3 Å². The molecule has 0 saturated carbocycles. The molecule has 2 aromatic rings. The summed E-state index contributed by atoms with van der Waals surface area (Å²) < 4.78 is 5.43. The summed E-state index contributed by atoms with van der Waals surface area (Å²) in [4.78, 5) is 0.997. The van der Waals surface area contributed by atoms with Crippen molar-refractivity contribution in [2.24, 2.45) is 5.73 Å². The molecule has 0 aliphatic rings. The topological polar surface area (TPSA) is 64.9 Å². The molecule has 0 radical (unpaired) electrons. The predicted molar refractivity (Wildman–Crippen MR) is 57.4 cm³/mol. The van der Waals surface area contributed by atoms with Crippen molar-refractivity contribution < 1.29 is 4.42 Å². The van der Waals surface area contributed by atoms with E-state index in [4.69, 9.17) is 10.2 Å². The van der Waals surface area contributed by atoms with Crippen molar-refractivity contribution in [2.75, 3.05) is 12.3 Å². The molecule has 0 fully saturated rings. The first-order valence-electron chi connectivity index (χ1n) is 4.10. The van der Waals surface area contributed by atoms with Gasteiger partial charge in [-0.15, -0.1) is 21.5 Å². The molecule has 4 nitrogen and oxygen atoms in total. The van der Waals surface area contributed by atoms with E-state index in [0.717, 1.165) is 10.6 Å². The maximum Gasteiger partial charge on any atom is 0.276 e. The maximum absolute atomic E-state index is 5.43. The molecule has 2 aromatic heterocycles. The summed E-state index contributed by atoms with van der Waals surface area (Å²) in [6.07, 6.45) is 0. The molecule has 14 heavy (non-hydrogen) atoms. The van der Waals surface area contributed by atoms with E-state index in [0.29, 0.717) is 17.7 Å². The molecule has 0 aliphatic carbocycles. The Balaban J connectivity index is 2.10. The molecule has 2 heterocycles. The first kappa shape index (κ1) is 9.70. The molecular formula is C8H9N3OS2. The molecule has 0 unspecified atom stereocenters. The Morgan fingerprint density at radius 1 is 1.50 bits per heavy atom. The van der Waals surface area contributed by atoms with Gasteiger partial charge in [-0.25, -0.2) is 0 Å². The van der Waals surface area contributed by atoms with Gasteiger partial charge in [0, 0.05) is 12.3 Å². The lowest BCUT2D eigenvalue weighted by Crippen LogP contribution is -2.00. The summed E-state index contributed by atoms with van der Waals surface area (Å²) in [6, 6.07) is 3.91. The smallest absolute Gasteiger partial charge is 0.276 e. The van der Waals surface area contributed by atoms with Crippen LogP contribution in [0.3, 0.4) is 0 Å². The number of thiophene rings is 1. The highest BCUT2D eigenvalue weighted by molar-refractivity contribution is 7.99. The monoisotopic (exact) mass is 227 g/mol. The minimum atomic E-state index is 0.582. The molecule has 0 saturated heterocycles. The van der Waals surface area contributed by atoms with Crippen LogP contribution < -0.4 is 5.73 Å².